The zero-order valence-corrected chi connectivity index (χ0v) is 10.5. The van der Waals surface area contributed by atoms with Crippen molar-refractivity contribution in [2.24, 2.45) is 5.73 Å². The molecule has 0 radical (unpaired) electrons. The monoisotopic (exact) mass is 260 g/mol. The third kappa shape index (κ3) is 1.94. The van der Waals surface area contributed by atoms with Gasteiger partial charge in [0.15, 0.2) is 0 Å². The average molecular weight is 260 g/mol. The van der Waals surface area contributed by atoms with Crippen LogP contribution in [0.5, 0.6) is 0 Å². The summed E-state index contributed by atoms with van der Waals surface area (Å²) in [6.45, 7) is 0.926. The van der Waals surface area contributed by atoms with Crippen LogP contribution in [0.1, 0.15) is 18.4 Å². The van der Waals surface area contributed by atoms with E-state index >= 15 is 0 Å². The Kier molecular flexibility index (Phi) is 2.67. The molecule has 0 unspecified atom stereocenters. The average Bonchev–Trinajstić information content (AvgIpc) is 3.12. The number of fused-ring (bicyclic) bond motifs is 1. The van der Waals surface area contributed by atoms with Gasteiger partial charge in [-0.2, -0.15) is 0 Å². The molecule has 0 aliphatic heterocycles. The Morgan fingerprint density at radius 3 is 2.74 bits per heavy atom. The van der Waals surface area contributed by atoms with Crippen LogP contribution in [0.15, 0.2) is 23.0 Å². The number of carbonyl (C=O) groups excluding carboxylic acids is 1. The first kappa shape index (κ1) is 12.0. The van der Waals surface area contributed by atoms with Crippen LogP contribution >= 0.6 is 0 Å². The summed E-state index contributed by atoms with van der Waals surface area (Å²) in [4.78, 5) is 28.8. The van der Waals surface area contributed by atoms with Crippen LogP contribution in [0.25, 0.3) is 11.0 Å². The molecule has 100 valence electrons. The fraction of sp³-hybridized carbons (Fsp3) is 0.385. The molecule has 1 aliphatic carbocycles. The van der Waals surface area contributed by atoms with Crippen molar-refractivity contribution in [1.29, 1.82) is 0 Å². The fourth-order valence-electron chi connectivity index (χ4n) is 2.46. The van der Waals surface area contributed by atoms with E-state index in [0.717, 1.165) is 29.4 Å². The first-order valence-corrected chi connectivity index (χ1v) is 6.37. The maximum absolute atomic E-state index is 12.2. The van der Waals surface area contributed by atoms with Crippen LogP contribution < -0.4 is 16.7 Å². The summed E-state index contributed by atoms with van der Waals surface area (Å²) in [5.41, 5.74) is 7.17. The SMILES string of the molecule is NCCNC(=O)C1(c2ccc3[nH]c(=O)[nH]c3c2)CC1. The number of imidazole rings is 1. The maximum atomic E-state index is 12.2. The molecule has 1 saturated carbocycles. The van der Waals surface area contributed by atoms with E-state index in [-0.39, 0.29) is 11.6 Å². The predicted molar refractivity (Wildman–Crippen MR) is 71.9 cm³/mol. The summed E-state index contributed by atoms with van der Waals surface area (Å²) >= 11 is 0. The van der Waals surface area contributed by atoms with Crippen molar-refractivity contribution in [1.82, 2.24) is 15.3 Å². The van der Waals surface area contributed by atoms with Crippen molar-refractivity contribution in [2.45, 2.75) is 18.3 Å². The van der Waals surface area contributed by atoms with Gasteiger partial charge in [0.2, 0.25) is 5.91 Å². The van der Waals surface area contributed by atoms with Crippen LogP contribution in [0.3, 0.4) is 0 Å². The molecule has 1 aromatic heterocycles. The van der Waals surface area contributed by atoms with Gasteiger partial charge in [-0.05, 0) is 30.5 Å². The van der Waals surface area contributed by atoms with E-state index in [4.69, 9.17) is 5.73 Å². The minimum Gasteiger partial charge on any atom is -0.354 e. The highest BCUT2D eigenvalue weighted by atomic mass is 16.2. The molecule has 5 N–H and O–H groups in total. The Balaban J connectivity index is 1.94. The summed E-state index contributed by atoms with van der Waals surface area (Å²) in [7, 11) is 0. The number of benzene rings is 1. The molecule has 1 fully saturated rings. The van der Waals surface area contributed by atoms with Crippen molar-refractivity contribution >= 4 is 16.9 Å². The van der Waals surface area contributed by atoms with Crippen molar-refractivity contribution in [3.05, 3.63) is 34.2 Å². The first-order chi connectivity index (χ1) is 9.15. The van der Waals surface area contributed by atoms with Crippen LogP contribution in [0.2, 0.25) is 0 Å². The molecular formula is C13H16N4O2. The van der Waals surface area contributed by atoms with Crippen molar-refractivity contribution in [3.63, 3.8) is 0 Å². The summed E-state index contributed by atoms with van der Waals surface area (Å²) < 4.78 is 0. The summed E-state index contributed by atoms with van der Waals surface area (Å²) in [6.07, 6.45) is 1.67. The minimum absolute atomic E-state index is 0.0233. The van der Waals surface area contributed by atoms with E-state index in [1.54, 1.807) is 0 Å². The molecule has 0 spiro atoms. The standard InChI is InChI=1S/C13H16N4O2/c14-5-6-15-11(18)13(3-4-13)8-1-2-9-10(7-8)17-12(19)16-9/h1-2,7H,3-6,14H2,(H,15,18)(H2,16,17,19). The lowest BCUT2D eigenvalue weighted by Gasteiger charge is -2.15. The topological polar surface area (TPSA) is 104 Å². The molecule has 2 aromatic rings. The summed E-state index contributed by atoms with van der Waals surface area (Å²) in [5, 5.41) is 2.84. The van der Waals surface area contributed by atoms with E-state index in [1.165, 1.54) is 0 Å². The van der Waals surface area contributed by atoms with Crippen LogP contribution in [-0.2, 0) is 10.2 Å². The largest absolute Gasteiger partial charge is 0.354 e. The van der Waals surface area contributed by atoms with Gasteiger partial charge in [-0.1, -0.05) is 6.07 Å². The molecule has 19 heavy (non-hydrogen) atoms. The highest BCUT2D eigenvalue weighted by Crippen LogP contribution is 2.48. The Hall–Kier alpha value is -2.08. The zero-order chi connectivity index (χ0) is 13.5. The lowest BCUT2D eigenvalue weighted by Crippen LogP contribution is -2.37. The summed E-state index contributed by atoms with van der Waals surface area (Å²) in [5.74, 6) is 0.0233. The molecule has 1 amide bonds. The number of H-pyrrole nitrogens is 2. The second kappa shape index (κ2) is 4.24. The van der Waals surface area contributed by atoms with Gasteiger partial charge < -0.3 is 21.0 Å². The number of aromatic amines is 2. The van der Waals surface area contributed by atoms with E-state index in [0.29, 0.717) is 13.1 Å². The quantitative estimate of drug-likeness (QED) is 0.620. The van der Waals surface area contributed by atoms with Gasteiger partial charge in [-0.15, -0.1) is 0 Å². The van der Waals surface area contributed by atoms with Gasteiger partial charge in [0.05, 0.1) is 16.4 Å². The third-order valence-corrected chi connectivity index (χ3v) is 3.68. The van der Waals surface area contributed by atoms with Gasteiger partial charge in [0.25, 0.3) is 0 Å². The Morgan fingerprint density at radius 1 is 1.32 bits per heavy atom. The van der Waals surface area contributed by atoms with E-state index in [9.17, 15) is 9.59 Å². The second-order valence-corrected chi connectivity index (χ2v) is 4.97. The molecule has 1 aliphatic rings. The Morgan fingerprint density at radius 2 is 2.05 bits per heavy atom. The van der Waals surface area contributed by atoms with Crippen LogP contribution in [0, 0.1) is 0 Å². The lowest BCUT2D eigenvalue weighted by atomic mass is 9.94. The number of aromatic nitrogens is 2. The van der Waals surface area contributed by atoms with E-state index in [2.05, 4.69) is 15.3 Å². The highest BCUT2D eigenvalue weighted by molar-refractivity contribution is 5.92. The van der Waals surface area contributed by atoms with E-state index in [1.807, 2.05) is 18.2 Å². The van der Waals surface area contributed by atoms with Crippen LogP contribution in [-0.4, -0.2) is 29.0 Å². The van der Waals surface area contributed by atoms with Gasteiger partial charge in [-0.3, -0.25) is 4.79 Å². The molecule has 3 rings (SSSR count). The minimum atomic E-state index is -0.433. The van der Waals surface area contributed by atoms with Crippen molar-refractivity contribution in [2.75, 3.05) is 13.1 Å². The Labute approximate surface area is 109 Å². The zero-order valence-electron chi connectivity index (χ0n) is 10.5. The lowest BCUT2D eigenvalue weighted by molar-refractivity contribution is -0.123. The predicted octanol–water partition coefficient (Wildman–Crippen LogP) is -0.0373. The number of hydrogen-bond acceptors (Lipinski definition) is 3. The number of nitrogens with two attached hydrogens (primary N) is 1. The van der Waals surface area contributed by atoms with Crippen LogP contribution in [0.4, 0.5) is 0 Å². The van der Waals surface area contributed by atoms with Gasteiger partial charge in [0.1, 0.15) is 0 Å². The molecule has 1 aromatic carbocycles. The first-order valence-electron chi connectivity index (χ1n) is 6.37. The smallest absolute Gasteiger partial charge is 0.323 e. The normalized spacial score (nSPS) is 16.5. The third-order valence-electron chi connectivity index (χ3n) is 3.68. The van der Waals surface area contributed by atoms with E-state index < -0.39 is 5.41 Å². The molecule has 6 nitrogen and oxygen atoms in total. The maximum Gasteiger partial charge on any atom is 0.323 e. The highest BCUT2D eigenvalue weighted by Gasteiger charge is 2.51. The molecule has 0 bridgehead atoms. The number of amides is 1. The van der Waals surface area contributed by atoms with Crippen molar-refractivity contribution < 1.29 is 4.79 Å². The Bertz CT molecular complexity index is 681. The molecule has 0 saturated heterocycles. The fourth-order valence-corrected chi connectivity index (χ4v) is 2.46. The number of rotatable bonds is 4. The second-order valence-electron chi connectivity index (χ2n) is 4.97. The molecular weight excluding hydrogens is 244 g/mol. The number of carbonyl (C=O) groups is 1. The molecule has 1 heterocycles. The number of hydrogen-bond donors (Lipinski definition) is 4. The van der Waals surface area contributed by atoms with Crippen molar-refractivity contribution in [3.8, 4) is 0 Å². The molecule has 0 atom stereocenters. The van der Waals surface area contributed by atoms with Gasteiger partial charge in [-0.25, -0.2) is 4.79 Å². The summed E-state index contributed by atoms with van der Waals surface area (Å²) in [6, 6.07) is 5.61. The van der Waals surface area contributed by atoms with Gasteiger partial charge in [0, 0.05) is 13.1 Å². The number of nitrogens with one attached hydrogen (secondary N) is 3. The molecule has 6 heteroatoms. The van der Waals surface area contributed by atoms with Gasteiger partial charge >= 0.3 is 5.69 Å².